The number of nitrogens with zero attached hydrogens (tertiary/aromatic N) is 2. The third kappa shape index (κ3) is 4.40. The van der Waals surface area contributed by atoms with Gasteiger partial charge in [-0.15, -0.1) is 0 Å². The maximum Gasteiger partial charge on any atom is 0.274 e. The Morgan fingerprint density at radius 2 is 1.83 bits per heavy atom. The van der Waals surface area contributed by atoms with Gasteiger partial charge in [-0.1, -0.05) is 6.07 Å². The molecule has 0 aliphatic heterocycles. The van der Waals surface area contributed by atoms with Crippen molar-refractivity contribution in [2.24, 2.45) is 0 Å². The summed E-state index contributed by atoms with van der Waals surface area (Å²) in [5, 5.41) is 9.72. The molecule has 3 rings (SSSR count). The molecule has 0 fully saturated rings. The predicted molar refractivity (Wildman–Crippen MR) is 105 cm³/mol. The Morgan fingerprint density at radius 3 is 2.41 bits per heavy atom. The zero-order chi connectivity index (χ0) is 20.8. The van der Waals surface area contributed by atoms with E-state index in [9.17, 15) is 9.59 Å². The van der Waals surface area contributed by atoms with Gasteiger partial charge in [0.2, 0.25) is 0 Å². The largest absolute Gasteiger partial charge is 0.496 e. The smallest absolute Gasteiger partial charge is 0.274 e. The fraction of sp³-hybridized carbons (Fsp3) is 0.250. The van der Waals surface area contributed by atoms with Gasteiger partial charge in [0.1, 0.15) is 22.8 Å². The molecule has 0 aliphatic rings. The van der Waals surface area contributed by atoms with E-state index < -0.39 is 11.8 Å². The number of carbonyl (C=O) groups is 2. The second-order valence-electron chi connectivity index (χ2n) is 6.00. The standard InChI is InChI=1S/C20H22N4O5/c1-4-24-12-14(18(23-24)20(26)21-11-13-7-6-10-29-13)22-19(25)17-15(27-2)8-5-9-16(17)28-3/h5-10,12H,4,11H2,1-3H3,(H,21,26)(H,22,25). The quantitative estimate of drug-likeness (QED) is 0.604. The first-order valence-corrected chi connectivity index (χ1v) is 8.97. The molecule has 0 unspecified atom stereocenters. The summed E-state index contributed by atoms with van der Waals surface area (Å²) < 4.78 is 17.3. The summed E-state index contributed by atoms with van der Waals surface area (Å²) in [4.78, 5) is 25.6. The van der Waals surface area contributed by atoms with Crippen LogP contribution in [0.3, 0.4) is 0 Å². The van der Waals surface area contributed by atoms with Crippen molar-refractivity contribution in [3.8, 4) is 11.5 Å². The summed E-state index contributed by atoms with van der Waals surface area (Å²) in [6, 6.07) is 8.52. The average molecular weight is 398 g/mol. The van der Waals surface area contributed by atoms with Crippen molar-refractivity contribution in [3.05, 3.63) is 59.8 Å². The normalized spacial score (nSPS) is 10.4. The monoisotopic (exact) mass is 398 g/mol. The number of anilines is 1. The summed E-state index contributed by atoms with van der Waals surface area (Å²) in [7, 11) is 2.93. The van der Waals surface area contributed by atoms with Crippen LogP contribution >= 0.6 is 0 Å². The van der Waals surface area contributed by atoms with Gasteiger partial charge in [0.15, 0.2) is 5.69 Å². The highest BCUT2D eigenvalue weighted by Crippen LogP contribution is 2.29. The van der Waals surface area contributed by atoms with E-state index in [-0.39, 0.29) is 23.5 Å². The molecule has 0 atom stereocenters. The van der Waals surface area contributed by atoms with Crippen LogP contribution in [0, 0.1) is 0 Å². The Labute approximate surface area is 167 Å². The second kappa shape index (κ2) is 8.96. The fourth-order valence-corrected chi connectivity index (χ4v) is 2.77. The van der Waals surface area contributed by atoms with Crippen LogP contribution in [0.1, 0.15) is 33.5 Å². The molecule has 2 N–H and O–H groups in total. The van der Waals surface area contributed by atoms with Crippen LogP contribution in [-0.2, 0) is 13.1 Å². The Hall–Kier alpha value is -3.75. The lowest BCUT2D eigenvalue weighted by molar-refractivity contribution is 0.0943. The fourth-order valence-electron chi connectivity index (χ4n) is 2.77. The molecular formula is C20H22N4O5. The van der Waals surface area contributed by atoms with Crippen molar-refractivity contribution in [2.45, 2.75) is 20.0 Å². The molecule has 9 nitrogen and oxygen atoms in total. The van der Waals surface area contributed by atoms with Crippen LogP contribution in [0.4, 0.5) is 5.69 Å². The van der Waals surface area contributed by atoms with Crippen LogP contribution in [0.5, 0.6) is 11.5 Å². The van der Waals surface area contributed by atoms with Gasteiger partial charge >= 0.3 is 0 Å². The number of methoxy groups -OCH3 is 2. The predicted octanol–water partition coefficient (Wildman–Crippen LogP) is 2.70. The Balaban J connectivity index is 1.85. The molecule has 29 heavy (non-hydrogen) atoms. The minimum Gasteiger partial charge on any atom is -0.496 e. The summed E-state index contributed by atoms with van der Waals surface area (Å²) in [6.45, 7) is 2.62. The molecule has 1 aromatic carbocycles. The van der Waals surface area contributed by atoms with E-state index in [4.69, 9.17) is 13.9 Å². The first-order chi connectivity index (χ1) is 14.1. The molecule has 3 aromatic rings. The summed E-state index contributed by atoms with van der Waals surface area (Å²) in [5.74, 6) is 0.408. The Kier molecular flexibility index (Phi) is 6.18. The average Bonchev–Trinajstić information content (AvgIpc) is 3.41. The number of rotatable bonds is 8. The highest BCUT2D eigenvalue weighted by molar-refractivity contribution is 6.11. The zero-order valence-electron chi connectivity index (χ0n) is 16.4. The van der Waals surface area contributed by atoms with E-state index in [2.05, 4.69) is 15.7 Å². The summed E-state index contributed by atoms with van der Waals surface area (Å²) in [5.41, 5.74) is 0.603. The molecule has 2 amide bonds. The van der Waals surface area contributed by atoms with Crippen molar-refractivity contribution in [1.29, 1.82) is 0 Å². The molecule has 0 spiro atoms. The molecule has 0 saturated heterocycles. The number of hydrogen-bond acceptors (Lipinski definition) is 6. The minimum absolute atomic E-state index is 0.0978. The third-order valence-electron chi connectivity index (χ3n) is 4.21. The van der Waals surface area contributed by atoms with Crippen molar-refractivity contribution in [2.75, 3.05) is 19.5 Å². The molecule has 152 valence electrons. The van der Waals surface area contributed by atoms with Gasteiger partial charge in [0.25, 0.3) is 11.8 Å². The van der Waals surface area contributed by atoms with E-state index in [0.29, 0.717) is 23.8 Å². The van der Waals surface area contributed by atoms with Crippen LogP contribution in [0.2, 0.25) is 0 Å². The molecule has 9 heteroatoms. The van der Waals surface area contributed by atoms with Gasteiger partial charge in [0, 0.05) is 12.7 Å². The van der Waals surface area contributed by atoms with E-state index >= 15 is 0 Å². The Bertz CT molecular complexity index is 972. The van der Waals surface area contributed by atoms with Crippen LogP contribution in [0.25, 0.3) is 0 Å². The molecule has 0 aliphatic carbocycles. The number of benzene rings is 1. The van der Waals surface area contributed by atoms with Crippen LogP contribution in [-0.4, -0.2) is 35.8 Å². The summed E-state index contributed by atoms with van der Waals surface area (Å²) in [6.07, 6.45) is 3.13. The zero-order valence-corrected chi connectivity index (χ0v) is 16.4. The van der Waals surface area contributed by atoms with Gasteiger partial charge in [-0.3, -0.25) is 14.3 Å². The van der Waals surface area contributed by atoms with Gasteiger partial charge in [-0.2, -0.15) is 5.10 Å². The van der Waals surface area contributed by atoms with Crippen molar-refractivity contribution < 1.29 is 23.5 Å². The van der Waals surface area contributed by atoms with E-state index in [1.54, 1.807) is 41.2 Å². The van der Waals surface area contributed by atoms with Crippen molar-refractivity contribution in [1.82, 2.24) is 15.1 Å². The molecule has 0 bridgehead atoms. The minimum atomic E-state index is -0.477. The maximum absolute atomic E-state index is 12.9. The molecule has 2 aromatic heterocycles. The summed E-state index contributed by atoms with van der Waals surface area (Å²) >= 11 is 0. The topological polar surface area (TPSA) is 108 Å². The number of nitrogens with one attached hydrogen (secondary N) is 2. The second-order valence-corrected chi connectivity index (χ2v) is 6.00. The molecule has 2 heterocycles. The lowest BCUT2D eigenvalue weighted by Crippen LogP contribution is -2.25. The number of carbonyl (C=O) groups excluding carboxylic acids is 2. The number of aromatic nitrogens is 2. The van der Waals surface area contributed by atoms with Crippen LogP contribution in [0.15, 0.2) is 47.2 Å². The number of amides is 2. The van der Waals surface area contributed by atoms with Gasteiger partial charge in [-0.25, -0.2) is 0 Å². The number of aryl methyl sites for hydroxylation is 1. The first-order valence-electron chi connectivity index (χ1n) is 8.97. The number of ether oxygens (including phenoxy) is 2. The van der Waals surface area contributed by atoms with E-state index in [1.807, 2.05) is 6.92 Å². The van der Waals surface area contributed by atoms with Crippen molar-refractivity contribution >= 4 is 17.5 Å². The van der Waals surface area contributed by atoms with Gasteiger partial charge < -0.3 is 24.5 Å². The highest BCUT2D eigenvalue weighted by atomic mass is 16.5. The van der Waals surface area contributed by atoms with E-state index in [0.717, 1.165) is 0 Å². The molecular weight excluding hydrogens is 376 g/mol. The lowest BCUT2D eigenvalue weighted by Gasteiger charge is -2.12. The van der Waals surface area contributed by atoms with Crippen LogP contribution < -0.4 is 20.1 Å². The SMILES string of the molecule is CCn1cc(NC(=O)c2c(OC)cccc2OC)c(C(=O)NCc2ccco2)n1. The highest BCUT2D eigenvalue weighted by Gasteiger charge is 2.23. The van der Waals surface area contributed by atoms with Crippen molar-refractivity contribution in [3.63, 3.8) is 0 Å². The number of hydrogen-bond donors (Lipinski definition) is 2. The van der Waals surface area contributed by atoms with Gasteiger partial charge in [0.05, 0.1) is 32.7 Å². The number of furan rings is 1. The first kappa shape index (κ1) is 20.0. The third-order valence-corrected chi connectivity index (χ3v) is 4.21. The van der Waals surface area contributed by atoms with E-state index in [1.165, 1.54) is 20.5 Å². The Morgan fingerprint density at radius 1 is 1.10 bits per heavy atom. The lowest BCUT2D eigenvalue weighted by atomic mass is 10.1. The van der Waals surface area contributed by atoms with Gasteiger partial charge in [-0.05, 0) is 31.2 Å². The molecule has 0 radical (unpaired) electrons. The maximum atomic E-state index is 12.9. The molecule has 0 saturated carbocycles.